The van der Waals surface area contributed by atoms with Crippen molar-refractivity contribution in [2.45, 2.75) is 92.9 Å². The summed E-state index contributed by atoms with van der Waals surface area (Å²) >= 11 is 5.45. The highest BCUT2D eigenvalue weighted by Crippen LogP contribution is 2.51. The molecule has 0 spiro atoms. The highest BCUT2D eigenvalue weighted by atomic mass is 32.1. The maximum absolute atomic E-state index is 13.4. The van der Waals surface area contributed by atoms with Gasteiger partial charge in [-0.25, -0.2) is 14.6 Å². The summed E-state index contributed by atoms with van der Waals surface area (Å²) in [4.78, 5) is 16.6. The van der Waals surface area contributed by atoms with E-state index in [-0.39, 0.29) is 42.5 Å². The number of ether oxygens (including phenoxy) is 2. The molecule has 2 heterocycles. The Labute approximate surface area is 202 Å². The fraction of sp³-hybridized carbons (Fsp3) is 0.773. The van der Waals surface area contributed by atoms with Gasteiger partial charge in [0.1, 0.15) is 12.3 Å². The molecule has 0 amide bonds. The van der Waals surface area contributed by atoms with Crippen molar-refractivity contribution in [3.63, 3.8) is 0 Å². The van der Waals surface area contributed by atoms with Crippen molar-refractivity contribution in [2.75, 3.05) is 6.61 Å². The first-order valence-electron chi connectivity index (χ1n) is 11.3. The molecular formula is C22H38N3O6PS. The van der Waals surface area contributed by atoms with Crippen LogP contribution in [0.1, 0.15) is 67.3 Å². The van der Waals surface area contributed by atoms with Crippen molar-refractivity contribution in [1.82, 2.24) is 14.6 Å². The average molecular weight is 504 g/mol. The Morgan fingerprint density at radius 2 is 1.94 bits per heavy atom. The summed E-state index contributed by atoms with van der Waals surface area (Å²) in [5.74, 6) is -0.490. The smallest absolute Gasteiger partial charge is 0.406 e. The summed E-state index contributed by atoms with van der Waals surface area (Å²) in [5.41, 5.74) is 0.538. The zero-order valence-electron chi connectivity index (χ0n) is 21.0. The van der Waals surface area contributed by atoms with Gasteiger partial charge in [0.05, 0.1) is 24.9 Å². The number of aromatic nitrogens is 2. The maximum Gasteiger partial charge on any atom is 0.406 e. The van der Waals surface area contributed by atoms with Gasteiger partial charge in [-0.15, -0.1) is 0 Å². The van der Waals surface area contributed by atoms with E-state index in [0.29, 0.717) is 4.77 Å². The van der Waals surface area contributed by atoms with Gasteiger partial charge in [0.15, 0.2) is 0 Å². The van der Waals surface area contributed by atoms with Crippen LogP contribution in [0.5, 0.6) is 0 Å². The molecular weight excluding hydrogens is 465 g/mol. The summed E-state index contributed by atoms with van der Waals surface area (Å²) in [6.07, 6.45) is 0.461. The van der Waals surface area contributed by atoms with Crippen molar-refractivity contribution in [1.29, 1.82) is 0 Å². The van der Waals surface area contributed by atoms with Crippen molar-refractivity contribution in [2.24, 2.45) is 11.3 Å². The molecule has 1 aromatic rings. The molecule has 1 aliphatic heterocycles. The summed E-state index contributed by atoms with van der Waals surface area (Å²) in [7, 11) is -3.83. The summed E-state index contributed by atoms with van der Waals surface area (Å²) < 4.78 is 38.6. The first-order chi connectivity index (χ1) is 15.2. The molecule has 1 aliphatic rings. The fourth-order valence-electron chi connectivity index (χ4n) is 3.62. The third kappa shape index (κ3) is 7.16. The molecule has 5 unspecified atom stereocenters. The Kier molecular flexibility index (Phi) is 9.41. The Morgan fingerprint density at radius 1 is 1.30 bits per heavy atom. The van der Waals surface area contributed by atoms with Crippen LogP contribution in [0.4, 0.5) is 0 Å². The van der Waals surface area contributed by atoms with E-state index in [1.807, 2.05) is 23.8 Å². The normalized spacial score (nSPS) is 25.2. The van der Waals surface area contributed by atoms with Gasteiger partial charge in [0.25, 0.3) is 0 Å². The fourth-order valence-corrected chi connectivity index (χ4v) is 5.59. The van der Waals surface area contributed by atoms with Crippen LogP contribution < -0.4 is 5.09 Å². The van der Waals surface area contributed by atoms with Crippen molar-refractivity contribution < 1.29 is 27.9 Å². The van der Waals surface area contributed by atoms with Crippen molar-refractivity contribution in [3.05, 3.63) is 22.7 Å². The van der Waals surface area contributed by atoms with Crippen LogP contribution in [-0.2, 0) is 27.9 Å². The van der Waals surface area contributed by atoms with E-state index in [1.54, 1.807) is 34.6 Å². The van der Waals surface area contributed by atoms with Crippen LogP contribution in [0.15, 0.2) is 12.3 Å². The Bertz CT molecular complexity index is 935. The molecule has 33 heavy (non-hydrogen) atoms. The topological polar surface area (TPSA) is 101 Å². The van der Waals surface area contributed by atoms with Gasteiger partial charge in [0.2, 0.25) is 4.77 Å². The number of hydrogen-bond acceptors (Lipinski definition) is 8. The number of nitrogens with zero attached hydrogens (tertiary/aromatic N) is 2. The minimum absolute atomic E-state index is 0.0106. The first-order valence-corrected chi connectivity index (χ1v) is 13.2. The number of carbonyl (C=O) groups excluding carboxylic acids is 1. The molecule has 1 N–H and O–H groups in total. The van der Waals surface area contributed by atoms with Crippen LogP contribution in [0.25, 0.3) is 0 Å². The molecule has 0 bridgehead atoms. The number of nitrogens with one attached hydrogen (secondary N) is 1. The number of aryl methyl sites for hydroxylation is 1. The molecule has 0 radical (unpaired) electrons. The predicted octanol–water partition coefficient (Wildman–Crippen LogP) is 4.96. The summed E-state index contributed by atoms with van der Waals surface area (Å²) in [6.45, 7) is 16.7. The van der Waals surface area contributed by atoms with Gasteiger partial charge < -0.3 is 9.47 Å². The van der Waals surface area contributed by atoms with E-state index in [1.165, 1.54) is 0 Å². The third-order valence-corrected chi connectivity index (χ3v) is 7.90. The monoisotopic (exact) mass is 503 g/mol. The average Bonchev–Trinajstić information content (AvgIpc) is 2.88. The molecule has 0 aliphatic carbocycles. The zero-order chi connectivity index (χ0) is 25.1. The van der Waals surface area contributed by atoms with Gasteiger partial charge in [-0.2, -0.15) is 0 Å². The van der Waals surface area contributed by atoms with E-state index in [4.69, 9.17) is 30.7 Å². The summed E-state index contributed by atoms with van der Waals surface area (Å²) in [6, 6.07) is 1.01. The molecule has 1 aromatic heterocycles. The minimum atomic E-state index is -3.83. The van der Waals surface area contributed by atoms with E-state index >= 15 is 0 Å². The Hall–Kier alpha value is -1.16. The van der Waals surface area contributed by atoms with Crippen molar-refractivity contribution in [3.8, 4) is 0 Å². The SMILES string of the molecule is Cc1ccn(C2OC(COP(=O)(NC(C)C(=O)OC(C)C)OC(C)C)C(C)C2(C)C)c(=S)n1. The highest BCUT2D eigenvalue weighted by Gasteiger charge is 2.50. The van der Waals surface area contributed by atoms with Gasteiger partial charge >= 0.3 is 13.7 Å². The number of rotatable bonds is 10. The van der Waals surface area contributed by atoms with E-state index in [2.05, 4.69) is 30.8 Å². The van der Waals surface area contributed by atoms with Gasteiger partial charge in [0, 0.05) is 17.3 Å². The largest absolute Gasteiger partial charge is 0.462 e. The molecule has 9 nitrogen and oxygen atoms in total. The predicted molar refractivity (Wildman–Crippen MR) is 128 cm³/mol. The Balaban J connectivity index is 2.17. The van der Waals surface area contributed by atoms with Crippen LogP contribution in [0, 0.1) is 23.0 Å². The number of carbonyl (C=O) groups is 1. The van der Waals surface area contributed by atoms with E-state index < -0.39 is 19.8 Å². The highest BCUT2D eigenvalue weighted by molar-refractivity contribution is 7.71. The molecule has 0 saturated carbocycles. The second-order valence-electron chi connectivity index (χ2n) is 9.68. The van der Waals surface area contributed by atoms with Crippen LogP contribution >= 0.6 is 20.0 Å². The minimum Gasteiger partial charge on any atom is -0.462 e. The molecule has 11 heteroatoms. The molecule has 0 aromatic carbocycles. The second kappa shape index (κ2) is 11.1. The lowest BCUT2D eigenvalue weighted by Crippen LogP contribution is -2.37. The first kappa shape index (κ1) is 28.1. The maximum atomic E-state index is 13.4. The standard InChI is InChI=1S/C22H38N3O6PS/c1-13(2)29-19(26)17(7)24-32(27,31-14(3)4)28-12-18-16(6)22(8,9)20(30-18)25-11-10-15(5)23-21(25)33/h10-11,13-14,16-18,20H,12H2,1-9H3,(H,24,27). The third-order valence-electron chi connectivity index (χ3n) is 5.71. The lowest BCUT2D eigenvalue weighted by Gasteiger charge is -2.30. The molecule has 1 fully saturated rings. The van der Waals surface area contributed by atoms with Gasteiger partial charge in [-0.3, -0.25) is 18.4 Å². The van der Waals surface area contributed by atoms with Gasteiger partial charge in [-0.1, -0.05) is 20.8 Å². The molecule has 1 saturated heterocycles. The van der Waals surface area contributed by atoms with Gasteiger partial charge in [-0.05, 0) is 65.7 Å². The molecule has 5 atom stereocenters. The number of esters is 1. The lowest BCUT2D eigenvalue weighted by molar-refractivity contribution is -0.149. The van der Waals surface area contributed by atoms with E-state index in [9.17, 15) is 9.36 Å². The molecule has 188 valence electrons. The van der Waals surface area contributed by atoms with Crippen LogP contribution in [0.2, 0.25) is 0 Å². The zero-order valence-corrected chi connectivity index (χ0v) is 22.7. The quantitative estimate of drug-likeness (QED) is 0.270. The van der Waals surface area contributed by atoms with E-state index in [0.717, 1.165) is 5.69 Å². The second-order valence-corrected chi connectivity index (χ2v) is 11.8. The van der Waals surface area contributed by atoms with Crippen molar-refractivity contribution >= 4 is 25.9 Å². The van der Waals surface area contributed by atoms with Crippen LogP contribution in [0.3, 0.4) is 0 Å². The Morgan fingerprint density at radius 3 is 2.48 bits per heavy atom. The summed E-state index contributed by atoms with van der Waals surface area (Å²) in [5, 5.41) is 2.70. The molecule has 2 rings (SSSR count). The lowest BCUT2D eigenvalue weighted by atomic mass is 9.78. The van der Waals surface area contributed by atoms with Crippen LogP contribution in [-0.4, -0.2) is 46.5 Å². The number of hydrogen-bond donors (Lipinski definition) is 1.